The van der Waals surface area contributed by atoms with E-state index in [9.17, 15) is 0 Å². The van der Waals surface area contributed by atoms with Crippen molar-refractivity contribution in [1.29, 1.82) is 5.41 Å². The van der Waals surface area contributed by atoms with Crippen LogP contribution in [0.15, 0.2) is 59.8 Å². The molecule has 2 atom stereocenters. The molecule has 0 amide bonds. The van der Waals surface area contributed by atoms with E-state index in [1.165, 1.54) is 5.57 Å². The van der Waals surface area contributed by atoms with Gasteiger partial charge in [-0.1, -0.05) is 48.6 Å². The van der Waals surface area contributed by atoms with E-state index in [4.69, 9.17) is 5.41 Å². The van der Waals surface area contributed by atoms with Crippen LogP contribution in [-0.4, -0.2) is 5.71 Å². The molecule has 1 heteroatoms. The second-order valence-corrected chi connectivity index (χ2v) is 4.61. The average Bonchev–Trinajstić information content (AvgIpc) is 2.35. The smallest absolute Gasteiger partial charge is 0.0604 e. The highest BCUT2D eigenvalue weighted by molar-refractivity contribution is 6.10. The highest BCUT2D eigenvalue weighted by Gasteiger charge is 2.25. The fourth-order valence-corrected chi connectivity index (χ4v) is 2.47. The minimum Gasteiger partial charge on any atom is -0.300 e. The van der Waals surface area contributed by atoms with Gasteiger partial charge in [0.05, 0.1) is 5.71 Å². The molecule has 0 spiro atoms. The van der Waals surface area contributed by atoms with E-state index < -0.39 is 0 Å². The first-order chi connectivity index (χ1) is 8.24. The van der Waals surface area contributed by atoms with Gasteiger partial charge < -0.3 is 5.41 Å². The van der Waals surface area contributed by atoms with Crippen LogP contribution < -0.4 is 0 Å². The maximum Gasteiger partial charge on any atom is 0.0604 e. The van der Waals surface area contributed by atoms with Crippen molar-refractivity contribution in [2.45, 2.75) is 20.3 Å². The molecule has 1 N–H and O–H groups in total. The molecular weight excluding hydrogens is 206 g/mol. The third kappa shape index (κ3) is 2.38. The van der Waals surface area contributed by atoms with Crippen molar-refractivity contribution >= 4 is 5.71 Å². The van der Waals surface area contributed by atoms with Crippen LogP contribution in [0.2, 0.25) is 0 Å². The first-order valence-electron chi connectivity index (χ1n) is 6.18. The van der Waals surface area contributed by atoms with Gasteiger partial charge in [0, 0.05) is 5.92 Å². The number of hydrogen-bond donors (Lipinski definition) is 1. The topological polar surface area (TPSA) is 23.9 Å². The zero-order valence-corrected chi connectivity index (χ0v) is 10.5. The largest absolute Gasteiger partial charge is 0.300 e. The SMILES string of the molecule is CC=CC1/C=C\C=C(\C)C(=N)C2=CC=CCC21. The van der Waals surface area contributed by atoms with Gasteiger partial charge in [0.15, 0.2) is 0 Å². The highest BCUT2D eigenvalue weighted by Crippen LogP contribution is 2.33. The van der Waals surface area contributed by atoms with Crippen LogP contribution >= 0.6 is 0 Å². The summed E-state index contributed by atoms with van der Waals surface area (Å²) in [5, 5.41) is 8.25. The van der Waals surface area contributed by atoms with Crippen LogP contribution in [0.1, 0.15) is 20.3 Å². The highest BCUT2D eigenvalue weighted by atomic mass is 14.5. The second-order valence-electron chi connectivity index (χ2n) is 4.61. The standard InChI is InChI=1S/C16H19N/c1-3-7-13-9-6-8-12(2)16(17)15-11-5-4-10-14(13)15/h3-9,11,13-14,17H,10H2,1-2H3/b7-3?,9-6-,12-8-,17-16?. The average molecular weight is 225 g/mol. The predicted molar refractivity (Wildman–Crippen MR) is 74.3 cm³/mol. The molecule has 0 aromatic heterocycles. The monoisotopic (exact) mass is 225 g/mol. The number of fused-ring (bicyclic) bond motifs is 1. The van der Waals surface area contributed by atoms with Gasteiger partial charge in [-0.05, 0) is 37.3 Å². The lowest BCUT2D eigenvalue weighted by molar-refractivity contribution is 0.543. The van der Waals surface area contributed by atoms with Crippen LogP contribution in [0.5, 0.6) is 0 Å². The molecule has 0 aromatic carbocycles. The maximum atomic E-state index is 8.25. The van der Waals surface area contributed by atoms with Crippen molar-refractivity contribution < 1.29 is 0 Å². The summed E-state index contributed by atoms with van der Waals surface area (Å²) >= 11 is 0. The number of rotatable bonds is 1. The summed E-state index contributed by atoms with van der Waals surface area (Å²) in [7, 11) is 0. The molecule has 0 bridgehead atoms. The molecule has 0 fully saturated rings. The number of nitrogens with one attached hydrogen (secondary N) is 1. The van der Waals surface area contributed by atoms with E-state index in [0.29, 0.717) is 17.5 Å². The molecule has 88 valence electrons. The predicted octanol–water partition coefficient (Wildman–Crippen LogP) is 4.22. The molecule has 0 heterocycles. The van der Waals surface area contributed by atoms with Crippen molar-refractivity contribution in [1.82, 2.24) is 0 Å². The van der Waals surface area contributed by atoms with Gasteiger partial charge in [-0.2, -0.15) is 0 Å². The van der Waals surface area contributed by atoms with Crippen LogP contribution in [0.3, 0.4) is 0 Å². The molecule has 2 unspecified atom stereocenters. The van der Waals surface area contributed by atoms with E-state index in [1.807, 2.05) is 13.0 Å². The van der Waals surface area contributed by atoms with Crippen molar-refractivity contribution in [2.24, 2.45) is 11.8 Å². The normalized spacial score (nSPS) is 33.4. The van der Waals surface area contributed by atoms with Gasteiger partial charge in [-0.15, -0.1) is 0 Å². The minimum absolute atomic E-state index is 0.404. The van der Waals surface area contributed by atoms with E-state index in [1.54, 1.807) is 0 Å². The Bertz CT molecular complexity index is 458. The van der Waals surface area contributed by atoms with Crippen molar-refractivity contribution in [3.8, 4) is 0 Å². The molecule has 17 heavy (non-hydrogen) atoms. The Morgan fingerprint density at radius 1 is 1.29 bits per heavy atom. The molecule has 0 aromatic rings. The summed E-state index contributed by atoms with van der Waals surface area (Å²) < 4.78 is 0. The summed E-state index contributed by atoms with van der Waals surface area (Å²) in [5.74, 6) is 0.824. The molecule has 0 saturated carbocycles. The second kappa shape index (κ2) is 5.13. The Morgan fingerprint density at radius 2 is 2.12 bits per heavy atom. The Kier molecular flexibility index (Phi) is 3.58. The Balaban J connectivity index is 2.45. The van der Waals surface area contributed by atoms with E-state index >= 15 is 0 Å². The van der Waals surface area contributed by atoms with Gasteiger partial charge in [-0.3, -0.25) is 0 Å². The van der Waals surface area contributed by atoms with Crippen LogP contribution in [-0.2, 0) is 0 Å². The Morgan fingerprint density at radius 3 is 2.88 bits per heavy atom. The van der Waals surface area contributed by atoms with Crippen molar-refractivity contribution in [3.05, 3.63) is 59.8 Å². The quantitative estimate of drug-likeness (QED) is 0.646. The van der Waals surface area contributed by atoms with Crippen molar-refractivity contribution in [3.63, 3.8) is 0 Å². The lowest BCUT2D eigenvalue weighted by atomic mass is 9.76. The zero-order chi connectivity index (χ0) is 12.3. The van der Waals surface area contributed by atoms with Gasteiger partial charge in [0.25, 0.3) is 0 Å². The third-order valence-electron chi connectivity index (χ3n) is 3.44. The number of hydrogen-bond acceptors (Lipinski definition) is 1. The zero-order valence-electron chi connectivity index (χ0n) is 10.5. The lowest BCUT2D eigenvalue weighted by Crippen LogP contribution is -2.22. The molecule has 0 saturated heterocycles. The number of allylic oxidation sites excluding steroid dienone is 10. The van der Waals surface area contributed by atoms with Crippen molar-refractivity contribution in [2.75, 3.05) is 0 Å². The fraction of sp³-hybridized carbons (Fsp3) is 0.312. The summed E-state index contributed by atoms with van der Waals surface area (Å²) in [5.41, 5.74) is 2.92. The van der Waals surface area contributed by atoms with Crippen LogP contribution in [0.25, 0.3) is 0 Å². The maximum absolute atomic E-state index is 8.25. The van der Waals surface area contributed by atoms with Gasteiger partial charge in [0.2, 0.25) is 0 Å². The molecule has 0 radical (unpaired) electrons. The van der Waals surface area contributed by atoms with Gasteiger partial charge in [-0.25, -0.2) is 0 Å². The van der Waals surface area contributed by atoms with E-state index in [-0.39, 0.29) is 0 Å². The van der Waals surface area contributed by atoms with Gasteiger partial charge >= 0.3 is 0 Å². The Labute approximate surface area is 103 Å². The summed E-state index contributed by atoms with van der Waals surface area (Å²) in [4.78, 5) is 0. The minimum atomic E-state index is 0.404. The van der Waals surface area contributed by atoms with Gasteiger partial charge in [0.1, 0.15) is 0 Å². The Hall–Kier alpha value is -1.63. The third-order valence-corrected chi connectivity index (χ3v) is 3.44. The summed E-state index contributed by atoms with van der Waals surface area (Å²) in [6, 6.07) is 0. The summed E-state index contributed by atoms with van der Waals surface area (Å²) in [6.45, 7) is 4.07. The fourth-order valence-electron chi connectivity index (χ4n) is 2.47. The molecular formula is C16H19N. The molecule has 1 nitrogen and oxygen atoms in total. The van der Waals surface area contributed by atoms with Crippen LogP contribution in [0, 0.1) is 17.2 Å². The molecule has 0 aliphatic heterocycles. The van der Waals surface area contributed by atoms with E-state index in [0.717, 1.165) is 12.0 Å². The molecule has 2 aliphatic carbocycles. The summed E-state index contributed by atoms with van der Waals surface area (Å²) in [6.07, 6.45) is 18.1. The lowest BCUT2D eigenvalue weighted by Gasteiger charge is -2.28. The first-order valence-corrected chi connectivity index (χ1v) is 6.18. The molecule has 2 rings (SSSR count). The van der Waals surface area contributed by atoms with Crippen LogP contribution in [0.4, 0.5) is 0 Å². The molecule has 2 aliphatic rings. The first kappa shape index (κ1) is 11.8. The van der Waals surface area contributed by atoms with E-state index in [2.05, 4.69) is 49.5 Å².